The minimum atomic E-state index is 0.479. The molecule has 2 aliphatic carbocycles. The summed E-state index contributed by atoms with van der Waals surface area (Å²) in [5.41, 5.74) is 6.20. The first kappa shape index (κ1) is 13.1. The van der Waals surface area contributed by atoms with E-state index in [1.54, 1.807) is 0 Å². The van der Waals surface area contributed by atoms with Gasteiger partial charge in [-0.1, -0.05) is 50.5 Å². The third-order valence-electron chi connectivity index (χ3n) is 5.50. The van der Waals surface area contributed by atoms with Crippen LogP contribution in [-0.2, 0) is 6.42 Å². The average Bonchev–Trinajstić information content (AvgIpc) is 2.45. The second-order valence-electron chi connectivity index (χ2n) is 6.39. The molecule has 0 spiro atoms. The molecule has 2 unspecified atom stereocenters. The molecule has 2 aliphatic rings. The fraction of sp³-hybridized carbons (Fsp3) is 0.647. The van der Waals surface area contributed by atoms with Gasteiger partial charge in [-0.2, -0.15) is 0 Å². The first-order chi connectivity index (χ1) is 9.33. The van der Waals surface area contributed by atoms with Gasteiger partial charge in [-0.25, -0.2) is 0 Å². The number of nitrogens with one attached hydrogen (secondary N) is 1. The largest absolute Gasteiger partial charge is 0.271 e. The van der Waals surface area contributed by atoms with Crippen LogP contribution >= 0.6 is 0 Å². The van der Waals surface area contributed by atoms with Crippen molar-refractivity contribution in [2.45, 2.75) is 57.4 Å². The molecule has 0 radical (unpaired) electrons. The first-order valence-corrected chi connectivity index (χ1v) is 7.87. The van der Waals surface area contributed by atoms with Gasteiger partial charge in [0.15, 0.2) is 0 Å². The van der Waals surface area contributed by atoms with E-state index >= 15 is 0 Å². The maximum Gasteiger partial charge on any atom is 0.0310 e. The quantitative estimate of drug-likeness (QED) is 0.642. The molecule has 0 saturated heterocycles. The van der Waals surface area contributed by atoms with Crippen molar-refractivity contribution in [2.75, 3.05) is 0 Å². The van der Waals surface area contributed by atoms with Gasteiger partial charge in [0.25, 0.3) is 0 Å². The van der Waals surface area contributed by atoms with Crippen molar-refractivity contribution in [3.63, 3.8) is 0 Å². The molecule has 2 heteroatoms. The van der Waals surface area contributed by atoms with Crippen molar-refractivity contribution in [2.24, 2.45) is 17.7 Å². The summed E-state index contributed by atoms with van der Waals surface area (Å²) >= 11 is 0. The lowest BCUT2D eigenvalue weighted by molar-refractivity contribution is 0.192. The van der Waals surface area contributed by atoms with Crippen molar-refractivity contribution >= 4 is 0 Å². The van der Waals surface area contributed by atoms with E-state index in [2.05, 4.69) is 36.6 Å². The van der Waals surface area contributed by atoms with E-state index in [9.17, 15) is 0 Å². The third kappa shape index (κ3) is 2.44. The number of hydrogen-bond donors (Lipinski definition) is 2. The minimum absolute atomic E-state index is 0.479. The highest BCUT2D eigenvalue weighted by Crippen LogP contribution is 2.43. The van der Waals surface area contributed by atoms with E-state index in [1.165, 1.54) is 49.7 Å². The molecule has 19 heavy (non-hydrogen) atoms. The summed E-state index contributed by atoms with van der Waals surface area (Å²) in [6.07, 6.45) is 8.05. The Balaban J connectivity index is 1.67. The van der Waals surface area contributed by atoms with E-state index in [0.717, 1.165) is 11.8 Å². The van der Waals surface area contributed by atoms with Crippen molar-refractivity contribution in [3.8, 4) is 0 Å². The van der Waals surface area contributed by atoms with Crippen LogP contribution < -0.4 is 11.3 Å². The number of benzene rings is 1. The first-order valence-electron chi connectivity index (χ1n) is 7.87. The van der Waals surface area contributed by atoms with Crippen LogP contribution in [-0.4, -0.2) is 6.04 Å². The van der Waals surface area contributed by atoms with Gasteiger partial charge in [0.2, 0.25) is 0 Å². The Hall–Kier alpha value is -0.860. The second kappa shape index (κ2) is 5.64. The molecule has 1 aromatic carbocycles. The van der Waals surface area contributed by atoms with Crippen LogP contribution in [0.15, 0.2) is 24.3 Å². The summed E-state index contributed by atoms with van der Waals surface area (Å²) in [6.45, 7) is 2.33. The Morgan fingerprint density at radius 2 is 1.95 bits per heavy atom. The standard InChI is InChI=1S/C17H26N2/c1-2-12-7-9-13(10-8-12)17(19-18)16-11-14-5-3-4-6-15(14)16/h3-6,12-13,16-17,19H,2,7-11,18H2,1H3. The number of nitrogens with two attached hydrogens (primary N) is 1. The van der Waals surface area contributed by atoms with Crippen molar-refractivity contribution < 1.29 is 0 Å². The molecule has 1 fully saturated rings. The Labute approximate surface area is 116 Å². The predicted molar refractivity (Wildman–Crippen MR) is 79.7 cm³/mol. The third-order valence-corrected chi connectivity index (χ3v) is 5.50. The van der Waals surface area contributed by atoms with Gasteiger partial charge in [-0.15, -0.1) is 0 Å². The summed E-state index contributed by atoms with van der Waals surface area (Å²) < 4.78 is 0. The fourth-order valence-electron chi connectivity index (χ4n) is 4.15. The van der Waals surface area contributed by atoms with Crippen LogP contribution in [0.3, 0.4) is 0 Å². The molecular formula is C17H26N2. The lowest BCUT2D eigenvalue weighted by Crippen LogP contribution is -2.49. The molecule has 3 rings (SSSR count). The maximum absolute atomic E-state index is 5.89. The molecule has 0 aliphatic heterocycles. The number of hydrazine groups is 1. The molecule has 104 valence electrons. The molecule has 0 heterocycles. The average molecular weight is 258 g/mol. The summed E-state index contributed by atoms with van der Waals surface area (Å²) in [5, 5.41) is 0. The highest BCUT2D eigenvalue weighted by molar-refractivity contribution is 5.41. The van der Waals surface area contributed by atoms with Crippen LogP contribution in [0.25, 0.3) is 0 Å². The summed E-state index contributed by atoms with van der Waals surface area (Å²) in [7, 11) is 0. The van der Waals surface area contributed by atoms with Crippen LogP contribution in [0.5, 0.6) is 0 Å². The van der Waals surface area contributed by atoms with Gasteiger partial charge < -0.3 is 0 Å². The van der Waals surface area contributed by atoms with E-state index in [4.69, 9.17) is 5.84 Å². The second-order valence-corrected chi connectivity index (χ2v) is 6.39. The Morgan fingerprint density at radius 1 is 1.21 bits per heavy atom. The predicted octanol–water partition coefficient (Wildman–Crippen LogP) is 3.37. The summed E-state index contributed by atoms with van der Waals surface area (Å²) in [6, 6.07) is 9.32. The van der Waals surface area contributed by atoms with Crippen LogP contribution in [0.4, 0.5) is 0 Å². The van der Waals surface area contributed by atoms with Gasteiger partial charge in [-0.3, -0.25) is 11.3 Å². The molecule has 2 atom stereocenters. The highest BCUT2D eigenvalue weighted by Gasteiger charge is 2.37. The Morgan fingerprint density at radius 3 is 2.58 bits per heavy atom. The molecule has 0 aromatic heterocycles. The topological polar surface area (TPSA) is 38.0 Å². The van der Waals surface area contributed by atoms with E-state index in [1.807, 2.05) is 0 Å². The lowest BCUT2D eigenvalue weighted by Gasteiger charge is -2.42. The zero-order valence-electron chi connectivity index (χ0n) is 11.9. The molecule has 1 saturated carbocycles. The molecule has 3 N–H and O–H groups in total. The minimum Gasteiger partial charge on any atom is -0.271 e. The Bertz CT molecular complexity index is 421. The van der Waals surface area contributed by atoms with Gasteiger partial charge in [-0.05, 0) is 42.2 Å². The lowest BCUT2D eigenvalue weighted by atomic mass is 9.66. The molecular weight excluding hydrogens is 232 g/mol. The highest BCUT2D eigenvalue weighted by atomic mass is 15.2. The van der Waals surface area contributed by atoms with Crippen molar-refractivity contribution in [3.05, 3.63) is 35.4 Å². The van der Waals surface area contributed by atoms with Crippen LogP contribution in [0.2, 0.25) is 0 Å². The monoisotopic (exact) mass is 258 g/mol. The molecule has 2 nitrogen and oxygen atoms in total. The normalized spacial score (nSPS) is 31.4. The van der Waals surface area contributed by atoms with E-state index < -0.39 is 0 Å². The molecule has 1 aromatic rings. The molecule has 0 bridgehead atoms. The van der Waals surface area contributed by atoms with Gasteiger partial charge in [0.05, 0.1) is 0 Å². The fourth-order valence-corrected chi connectivity index (χ4v) is 4.15. The van der Waals surface area contributed by atoms with E-state index in [-0.39, 0.29) is 0 Å². The van der Waals surface area contributed by atoms with Gasteiger partial charge in [0.1, 0.15) is 0 Å². The molecule has 0 amide bonds. The SMILES string of the molecule is CCC1CCC(C(NN)C2Cc3ccccc32)CC1. The number of rotatable bonds is 4. The zero-order valence-corrected chi connectivity index (χ0v) is 11.9. The van der Waals surface area contributed by atoms with Gasteiger partial charge in [0, 0.05) is 12.0 Å². The summed E-state index contributed by atoms with van der Waals surface area (Å²) in [4.78, 5) is 0. The maximum atomic E-state index is 5.89. The Kier molecular flexibility index (Phi) is 3.90. The number of hydrogen-bond acceptors (Lipinski definition) is 2. The van der Waals surface area contributed by atoms with E-state index in [0.29, 0.717) is 12.0 Å². The van der Waals surface area contributed by atoms with Crippen molar-refractivity contribution in [1.82, 2.24) is 5.43 Å². The zero-order chi connectivity index (χ0) is 13.2. The van der Waals surface area contributed by atoms with Crippen LogP contribution in [0.1, 0.15) is 56.1 Å². The number of fused-ring (bicyclic) bond motifs is 1. The van der Waals surface area contributed by atoms with Crippen molar-refractivity contribution in [1.29, 1.82) is 0 Å². The van der Waals surface area contributed by atoms with Gasteiger partial charge >= 0.3 is 0 Å². The van der Waals surface area contributed by atoms with Crippen LogP contribution in [0, 0.1) is 11.8 Å². The smallest absolute Gasteiger partial charge is 0.0310 e. The summed E-state index contributed by atoms with van der Waals surface area (Å²) in [5.74, 6) is 8.26.